The molecule has 0 aliphatic rings. The number of halogens is 1. The van der Waals surface area contributed by atoms with Crippen molar-refractivity contribution >= 4 is 17.6 Å². The summed E-state index contributed by atoms with van der Waals surface area (Å²) in [4.78, 5) is 32.3. The van der Waals surface area contributed by atoms with E-state index in [1.165, 1.54) is 0 Å². The second-order valence-electron chi connectivity index (χ2n) is 4.58. The Morgan fingerprint density at radius 1 is 1.48 bits per heavy atom. The molecule has 0 saturated carbocycles. The fraction of sp³-hybridized carbons (Fsp3) is 0.385. The van der Waals surface area contributed by atoms with Crippen molar-refractivity contribution in [2.24, 2.45) is 0 Å². The minimum atomic E-state index is -0.928. The van der Waals surface area contributed by atoms with E-state index in [1.54, 1.807) is 6.92 Å². The molecule has 2 N–H and O–H groups in total. The van der Waals surface area contributed by atoms with Gasteiger partial charge in [-0.15, -0.1) is 0 Å². The van der Waals surface area contributed by atoms with Crippen molar-refractivity contribution in [3.8, 4) is 0 Å². The lowest BCUT2D eigenvalue weighted by molar-refractivity contribution is -0.385. The highest BCUT2D eigenvalue weighted by molar-refractivity contribution is 5.98. The summed E-state index contributed by atoms with van der Waals surface area (Å²) in [5, 5.41) is 21.8. The van der Waals surface area contributed by atoms with Crippen molar-refractivity contribution in [1.82, 2.24) is 5.32 Å². The van der Waals surface area contributed by atoms with E-state index in [1.807, 2.05) is 0 Å². The van der Waals surface area contributed by atoms with Crippen molar-refractivity contribution in [1.29, 1.82) is 0 Å². The summed E-state index contributed by atoms with van der Waals surface area (Å²) in [6.07, 6.45) is 0.784. The molecule has 1 amide bonds. The van der Waals surface area contributed by atoms with Crippen LogP contribution < -0.4 is 5.32 Å². The highest BCUT2D eigenvalue weighted by atomic mass is 19.1. The molecule has 1 unspecified atom stereocenters. The minimum absolute atomic E-state index is 0.0170. The number of carboxylic acids is 1. The maximum atomic E-state index is 13.0. The van der Waals surface area contributed by atoms with Crippen LogP contribution in [0.3, 0.4) is 0 Å². The summed E-state index contributed by atoms with van der Waals surface area (Å²) in [5.74, 6) is -2.42. The Morgan fingerprint density at radius 3 is 2.71 bits per heavy atom. The quantitative estimate of drug-likeness (QED) is 0.591. The molecule has 8 heteroatoms. The molecule has 0 heterocycles. The number of amides is 1. The second-order valence-corrected chi connectivity index (χ2v) is 4.58. The van der Waals surface area contributed by atoms with Gasteiger partial charge in [-0.1, -0.05) is 0 Å². The predicted octanol–water partition coefficient (Wildman–Crippen LogP) is 2.11. The third kappa shape index (κ3) is 5.17. The summed E-state index contributed by atoms with van der Waals surface area (Å²) in [6.45, 7) is 1.66. The van der Waals surface area contributed by atoms with Crippen molar-refractivity contribution in [3.63, 3.8) is 0 Å². The summed E-state index contributed by atoms with van der Waals surface area (Å²) < 4.78 is 13.0. The average Bonchev–Trinajstić information content (AvgIpc) is 2.37. The van der Waals surface area contributed by atoms with Crippen LogP contribution in [0.5, 0.6) is 0 Å². The molecule has 1 aromatic carbocycles. The van der Waals surface area contributed by atoms with Crippen LogP contribution >= 0.6 is 0 Å². The number of nitrogens with one attached hydrogen (secondary N) is 1. The molecule has 114 valence electrons. The van der Waals surface area contributed by atoms with Gasteiger partial charge in [-0.3, -0.25) is 19.7 Å². The van der Waals surface area contributed by atoms with Gasteiger partial charge < -0.3 is 10.4 Å². The normalized spacial score (nSPS) is 11.7. The third-order valence-electron chi connectivity index (χ3n) is 2.81. The highest BCUT2D eigenvalue weighted by Gasteiger charge is 2.21. The second kappa shape index (κ2) is 7.32. The van der Waals surface area contributed by atoms with Gasteiger partial charge in [0.15, 0.2) is 0 Å². The number of nitrogens with zero attached hydrogens (tertiary/aromatic N) is 1. The maximum Gasteiger partial charge on any atom is 0.303 e. The zero-order valence-electron chi connectivity index (χ0n) is 11.3. The Morgan fingerprint density at radius 2 is 2.14 bits per heavy atom. The molecular formula is C13H15FN2O5. The highest BCUT2D eigenvalue weighted by Crippen LogP contribution is 2.20. The standard InChI is InChI=1S/C13H15FN2O5/c1-8(3-2-4-12(17)18)15-13(19)10-6-5-9(14)7-11(10)16(20)21/h5-8H,2-4H2,1H3,(H,15,19)(H,17,18). The first kappa shape index (κ1) is 16.5. The first-order valence-electron chi connectivity index (χ1n) is 6.28. The molecule has 1 aromatic rings. The number of hydrogen-bond acceptors (Lipinski definition) is 4. The molecule has 7 nitrogen and oxygen atoms in total. The maximum absolute atomic E-state index is 13.0. The van der Waals surface area contributed by atoms with E-state index in [4.69, 9.17) is 5.11 Å². The number of carbonyl (C=O) groups is 2. The van der Waals surface area contributed by atoms with Crippen LogP contribution in [-0.2, 0) is 4.79 Å². The first-order chi connectivity index (χ1) is 9.81. The van der Waals surface area contributed by atoms with E-state index in [2.05, 4.69) is 5.32 Å². The summed E-state index contributed by atoms with van der Waals surface area (Å²) in [6, 6.07) is 2.36. The van der Waals surface area contributed by atoms with Crippen molar-refractivity contribution in [3.05, 3.63) is 39.7 Å². The van der Waals surface area contributed by atoms with Crippen LogP contribution in [0.1, 0.15) is 36.5 Å². The van der Waals surface area contributed by atoms with Crippen LogP contribution in [0.25, 0.3) is 0 Å². The Kier molecular flexibility index (Phi) is 5.77. The number of nitro groups is 1. The average molecular weight is 298 g/mol. The van der Waals surface area contributed by atoms with Crippen molar-refractivity contribution < 1.29 is 24.0 Å². The molecule has 0 aromatic heterocycles. The smallest absolute Gasteiger partial charge is 0.303 e. The minimum Gasteiger partial charge on any atom is -0.481 e. The predicted molar refractivity (Wildman–Crippen MR) is 71.5 cm³/mol. The number of nitro benzene ring substituents is 1. The Labute approximate surface area is 119 Å². The number of rotatable bonds is 7. The largest absolute Gasteiger partial charge is 0.481 e. The molecule has 0 radical (unpaired) electrons. The third-order valence-corrected chi connectivity index (χ3v) is 2.81. The van der Waals surface area contributed by atoms with Gasteiger partial charge in [0.25, 0.3) is 11.6 Å². The number of benzene rings is 1. The van der Waals surface area contributed by atoms with Crippen LogP contribution in [-0.4, -0.2) is 27.9 Å². The zero-order valence-corrected chi connectivity index (χ0v) is 11.3. The molecular weight excluding hydrogens is 283 g/mol. The van der Waals surface area contributed by atoms with Gasteiger partial charge in [-0.05, 0) is 31.9 Å². The zero-order chi connectivity index (χ0) is 16.0. The summed E-state index contributed by atoms with van der Waals surface area (Å²) >= 11 is 0. The summed E-state index contributed by atoms with van der Waals surface area (Å²) in [7, 11) is 0. The Hall–Kier alpha value is -2.51. The van der Waals surface area contributed by atoms with Gasteiger partial charge in [-0.25, -0.2) is 4.39 Å². The van der Waals surface area contributed by atoms with E-state index >= 15 is 0 Å². The van der Waals surface area contributed by atoms with Gasteiger partial charge in [0.05, 0.1) is 11.0 Å². The number of carboxylic acid groups (broad SMARTS) is 1. The van der Waals surface area contributed by atoms with E-state index < -0.39 is 28.3 Å². The number of carbonyl (C=O) groups excluding carboxylic acids is 1. The lowest BCUT2D eigenvalue weighted by Gasteiger charge is -2.13. The van der Waals surface area contributed by atoms with E-state index in [0.29, 0.717) is 18.9 Å². The van der Waals surface area contributed by atoms with Crippen LogP contribution in [0, 0.1) is 15.9 Å². The lowest BCUT2D eigenvalue weighted by Crippen LogP contribution is -2.33. The van der Waals surface area contributed by atoms with E-state index in [9.17, 15) is 24.1 Å². The van der Waals surface area contributed by atoms with E-state index in [-0.39, 0.29) is 18.0 Å². The van der Waals surface area contributed by atoms with E-state index in [0.717, 1.165) is 12.1 Å². The molecule has 1 atom stereocenters. The van der Waals surface area contributed by atoms with Gasteiger partial charge >= 0.3 is 5.97 Å². The summed E-state index contributed by atoms with van der Waals surface area (Å²) in [5.41, 5.74) is -0.836. The first-order valence-corrected chi connectivity index (χ1v) is 6.28. The van der Waals surface area contributed by atoms with Gasteiger partial charge in [0.2, 0.25) is 0 Å². The van der Waals surface area contributed by atoms with Crippen LogP contribution in [0.15, 0.2) is 18.2 Å². The van der Waals surface area contributed by atoms with Crippen LogP contribution in [0.4, 0.5) is 10.1 Å². The van der Waals surface area contributed by atoms with Crippen LogP contribution in [0.2, 0.25) is 0 Å². The molecule has 1 rings (SSSR count). The topological polar surface area (TPSA) is 110 Å². The molecule has 0 spiro atoms. The van der Waals surface area contributed by atoms with Gasteiger partial charge in [0, 0.05) is 12.5 Å². The Balaban J connectivity index is 2.71. The van der Waals surface area contributed by atoms with Crippen molar-refractivity contribution in [2.45, 2.75) is 32.2 Å². The fourth-order valence-corrected chi connectivity index (χ4v) is 1.78. The molecule has 0 saturated heterocycles. The molecule has 21 heavy (non-hydrogen) atoms. The molecule has 0 bridgehead atoms. The lowest BCUT2D eigenvalue weighted by atomic mass is 10.1. The fourth-order valence-electron chi connectivity index (χ4n) is 1.78. The molecule has 0 aliphatic heterocycles. The number of aliphatic carboxylic acids is 1. The number of hydrogen-bond donors (Lipinski definition) is 2. The van der Waals surface area contributed by atoms with Gasteiger partial charge in [0.1, 0.15) is 11.4 Å². The molecule has 0 aliphatic carbocycles. The van der Waals surface area contributed by atoms with Gasteiger partial charge in [-0.2, -0.15) is 0 Å². The Bertz CT molecular complexity index is 561. The monoisotopic (exact) mass is 298 g/mol. The van der Waals surface area contributed by atoms with Crippen molar-refractivity contribution in [2.75, 3.05) is 0 Å². The molecule has 0 fully saturated rings. The SMILES string of the molecule is CC(CCCC(=O)O)NC(=O)c1ccc(F)cc1[N+](=O)[O-].